The van der Waals surface area contributed by atoms with E-state index >= 15 is 0 Å². The fourth-order valence-electron chi connectivity index (χ4n) is 2.69. The molecule has 0 spiro atoms. The van der Waals surface area contributed by atoms with Gasteiger partial charge in [-0.25, -0.2) is 0 Å². The van der Waals surface area contributed by atoms with Gasteiger partial charge in [-0.15, -0.1) is 0 Å². The molecule has 1 aliphatic carbocycles. The van der Waals surface area contributed by atoms with E-state index in [2.05, 4.69) is 10.1 Å². The fourth-order valence-corrected chi connectivity index (χ4v) is 2.69. The number of rotatable bonds is 5. The van der Waals surface area contributed by atoms with Crippen molar-refractivity contribution in [2.24, 2.45) is 0 Å². The van der Waals surface area contributed by atoms with Gasteiger partial charge in [-0.3, -0.25) is 0 Å². The SMILES string of the molecule is COC1(c2noc(CCC(C)O)n2)CCCCCC1. The van der Waals surface area contributed by atoms with Crippen molar-refractivity contribution < 1.29 is 14.4 Å². The van der Waals surface area contributed by atoms with Crippen LogP contribution in [0, 0.1) is 0 Å². The monoisotopic (exact) mass is 268 g/mol. The smallest absolute Gasteiger partial charge is 0.226 e. The molecule has 19 heavy (non-hydrogen) atoms. The van der Waals surface area contributed by atoms with E-state index in [0.717, 1.165) is 25.7 Å². The second kappa shape index (κ2) is 6.48. The summed E-state index contributed by atoms with van der Waals surface area (Å²) in [5.74, 6) is 1.27. The van der Waals surface area contributed by atoms with Crippen LogP contribution in [0.5, 0.6) is 0 Å². The van der Waals surface area contributed by atoms with Gasteiger partial charge in [0.1, 0.15) is 5.60 Å². The summed E-state index contributed by atoms with van der Waals surface area (Å²) in [5.41, 5.74) is -0.372. The zero-order chi connectivity index (χ0) is 13.7. The average Bonchev–Trinajstić information content (AvgIpc) is 2.74. The van der Waals surface area contributed by atoms with Gasteiger partial charge in [-0.1, -0.05) is 30.8 Å². The van der Waals surface area contributed by atoms with Gasteiger partial charge >= 0.3 is 0 Å². The maximum Gasteiger partial charge on any atom is 0.226 e. The van der Waals surface area contributed by atoms with Crippen LogP contribution in [0.3, 0.4) is 0 Å². The van der Waals surface area contributed by atoms with E-state index in [1.165, 1.54) is 12.8 Å². The summed E-state index contributed by atoms with van der Waals surface area (Å²) in [6.45, 7) is 1.76. The molecule has 0 aromatic carbocycles. The number of aryl methyl sites for hydroxylation is 1. The molecule has 1 aromatic heterocycles. The Morgan fingerprint density at radius 1 is 1.32 bits per heavy atom. The maximum absolute atomic E-state index is 9.29. The average molecular weight is 268 g/mol. The summed E-state index contributed by atoms with van der Waals surface area (Å²) in [7, 11) is 1.73. The van der Waals surface area contributed by atoms with E-state index in [-0.39, 0.29) is 11.7 Å². The van der Waals surface area contributed by atoms with Crippen molar-refractivity contribution in [1.82, 2.24) is 10.1 Å². The maximum atomic E-state index is 9.29. The van der Waals surface area contributed by atoms with Gasteiger partial charge in [-0.05, 0) is 26.2 Å². The number of nitrogens with zero attached hydrogens (tertiary/aromatic N) is 2. The fraction of sp³-hybridized carbons (Fsp3) is 0.857. The van der Waals surface area contributed by atoms with Crippen LogP contribution in [-0.4, -0.2) is 28.5 Å². The van der Waals surface area contributed by atoms with Crippen molar-refractivity contribution in [3.63, 3.8) is 0 Å². The molecule has 1 heterocycles. The minimum atomic E-state index is -0.372. The highest BCUT2D eigenvalue weighted by molar-refractivity contribution is 5.02. The Balaban J connectivity index is 2.09. The summed E-state index contributed by atoms with van der Waals surface area (Å²) in [4.78, 5) is 4.48. The molecule has 1 fully saturated rings. The Bertz CT molecular complexity index is 382. The molecule has 108 valence electrons. The third-order valence-electron chi connectivity index (χ3n) is 3.95. The molecule has 1 unspecified atom stereocenters. The molecular weight excluding hydrogens is 244 g/mol. The van der Waals surface area contributed by atoms with Crippen LogP contribution in [0.1, 0.15) is 63.6 Å². The van der Waals surface area contributed by atoms with Crippen molar-refractivity contribution >= 4 is 0 Å². The van der Waals surface area contributed by atoms with E-state index in [0.29, 0.717) is 24.6 Å². The van der Waals surface area contributed by atoms with E-state index in [1.807, 2.05) is 0 Å². The van der Waals surface area contributed by atoms with Gasteiger partial charge in [0.15, 0.2) is 0 Å². The highest BCUT2D eigenvalue weighted by atomic mass is 16.5. The number of methoxy groups -OCH3 is 1. The van der Waals surface area contributed by atoms with Crippen molar-refractivity contribution in [1.29, 1.82) is 0 Å². The first kappa shape index (κ1) is 14.5. The summed E-state index contributed by atoms with van der Waals surface area (Å²) < 4.78 is 11.0. The molecule has 1 saturated carbocycles. The topological polar surface area (TPSA) is 68.4 Å². The molecular formula is C14H24N2O3. The van der Waals surface area contributed by atoms with Gasteiger partial charge in [0, 0.05) is 13.5 Å². The molecule has 1 aliphatic rings. The van der Waals surface area contributed by atoms with Crippen LogP contribution in [0.2, 0.25) is 0 Å². The largest absolute Gasteiger partial charge is 0.393 e. The van der Waals surface area contributed by atoms with Crippen LogP contribution in [-0.2, 0) is 16.8 Å². The summed E-state index contributed by atoms with van der Waals surface area (Å²) in [5, 5.41) is 13.4. The molecule has 2 rings (SSSR count). The summed E-state index contributed by atoms with van der Waals surface area (Å²) >= 11 is 0. The molecule has 0 bridgehead atoms. The van der Waals surface area contributed by atoms with Crippen LogP contribution < -0.4 is 0 Å². The molecule has 0 amide bonds. The summed E-state index contributed by atoms with van der Waals surface area (Å²) in [6.07, 6.45) is 7.61. The lowest BCUT2D eigenvalue weighted by atomic mass is 9.93. The number of aliphatic hydroxyl groups is 1. The third-order valence-corrected chi connectivity index (χ3v) is 3.95. The second-order valence-electron chi connectivity index (χ2n) is 5.51. The van der Waals surface area contributed by atoms with Crippen molar-refractivity contribution in [3.05, 3.63) is 11.7 Å². The lowest BCUT2D eigenvalue weighted by Crippen LogP contribution is -2.29. The van der Waals surface area contributed by atoms with Gasteiger partial charge in [0.2, 0.25) is 11.7 Å². The van der Waals surface area contributed by atoms with Crippen molar-refractivity contribution in [3.8, 4) is 0 Å². The van der Waals surface area contributed by atoms with E-state index in [9.17, 15) is 5.11 Å². The molecule has 0 aliphatic heterocycles. The highest BCUT2D eigenvalue weighted by Crippen LogP contribution is 2.37. The Labute approximate surface area is 114 Å². The number of aromatic nitrogens is 2. The quantitative estimate of drug-likeness (QED) is 0.831. The molecule has 0 radical (unpaired) electrons. The summed E-state index contributed by atoms with van der Waals surface area (Å²) in [6, 6.07) is 0. The first-order valence-electron chi connectivity index (χ1n) is 7.22. The van der Waals surface area contributed by atoms with Gasteiger partial charge in [0.05, 0.1) is 6.10 Å². The van der Waals surface area contributed by atoms with E-state index in [1.54, 1.807) is 14.0 Å². The Morgan fingerprint density at radius 3 is 2.58 bits per heavy atom. The van der Waals surface area contributed by atoms with E-state index in [4.69, 9.17) is 9.26 Å². The highest BCUT2D eigenvalue weighted by Gasteiger charge is 2.37. The van der Waals surface area contributed by atoms with Crippen LogP contribution in [0.4, 0.5) is 0 Å². The molecule has 0 saturated heterocycles. The third kappa shape index (κ3) is 3.54. The standard InChI is InChI=1S/C14H24N2O3/c1-11(17)7-8-12-15-13(16-19-12)14(18-2)9-5-3-4-6-10-14/h11,17H,3-10H2,1-2H3. The normalized spacial score (nSPS) is 21.0. The Hall–Kier alpha value is -0.940. The van der Waals surface area contributed by atoms with E-state index < -0.39 is 0 Å². The zero-order valence-corrected chi connectivity index (χ0v) is 11.9. The predicted octanol–water partition coefficient (Wildman–Crippen LogP) is 2.58. The zero-order valence-electron chi connectivity index (χ0n) is 11.9. The van der Waals surface area contributed by atoms with Crippen LogP contribution in [0.25, 0.3) is 0 Å². The molecule has 1 atom stereocenters. The number of hydrogen-bond donors (Lipinski definition) is 1. The Morgan fingerprint density at radius 2 is 2.00 bits per heavy atom. The van der Waals surface area contributed by atoms with Crippen molar-refractivity contribution in [2.75, 3.05) is 7.11 Å². The molecule has 5 nitrogen and oxygen atoms in total. The molecule has 1 aromatic rings. The Kier molecular flexibility index (Phi) is 4.93. The minimum absolute atomic E-state index is 0.343. The number of aliphatic hydroxyl groups excluding tert-OH is 1. The predicted molar refractivity (Wildman–Crippen MR) is 70.7 cm³/mol. The number of ether oxygens (including phenoxy) is 1. The lowest BCUT2D eigenvalue weighted by molar-refractivity contribution is -0.0365. The lowest BCUT2D eigenvalue weighted by Gasteiger charge is -2.27. The van der Waals surface area contributed by atoms with Crippen LogP contribution >= 0.6 is 0 Å². The number of hydrogen-bond acceptors (Lipinski definition) is 5. The minimum Gasteiger partial charge on any atom is -0.393 e. The van der Waals surface area contributed by atoms with Crippen LogP contribution in [0.15, 0.2) is 4.52 Å². The second-order valence-corrected chi connectivity index (χ2v) is 5.51. The van der Waals surface area contributed by atoms with Gasteiger partial charge in [-0.2, -0.15) is 4.98 Å². The van der Waals surface area contributed by atoms with Gasteiger partial charge < -0.3 is 14.4 Å². The first-order chi connectivity index (χ1) is 9.16. The van der Waals surface area contributed by atoms with Crippen molar-refractivity contribution in [2.45, 2.75) is 70.0 Å². The first-order valence-corrected chi connectivity index (χ1v) is 7.22. The van der Waals surface area contributed by atoms with Gasteiger partial charge in [0.25, 0.3) is 0 Å². The molecule has 5 heteroatoms. The molecule has 1 N–H and O–H groups in total.